The van der Waals surface area contributed by atoms with E-state index in [0.29, 0.717) is 19.0 Å². The lowest BCUT2D eigenvalue weighted by molar-refractivity contribution is -0.213. The molecule has 42 heavy (non-hydrogen) atoms. The van der Waals surface area contributed by atoms with E-state index in [4.69, 9.17) is 14.0 Å². The lowest BCUT2D eigenvalue weighted by Gasteiger charge is -2.47. The van der Waals surface area contributed by atoms with Crippen LogP contribution in [-0.2, 0) is 14.0 Å². The number of rotatable bonds is 27. The van der Waals surface area contributed by atoms with Crippen LogP contribution in [0.3, 0.4) is 0 Å². The summed E-state index contributed by atoms with van der Waals surface area (Å²) < 4.78 is 17.6. The maximum atomic E-state index is 10.9. The molecule has 0 aromatic heterocycles. The molecule has 246 valence electrons. The summed E-state index contributed by atoms with van der Waals surface area (Å²) in [5, 5.41) is 64.5. The fraction of sp³-hybridized carbons (Fsp3) is 1.00. The van der Waals surface area contributed by atoms with Gasteiger partial charge in [0.1, 0.15) is 18.3 Å². The monoisotopic (exact) mass is 600 g/mol. The molecule has 6 N–H and O–H groups in total. The zero-order valence-electron chi connectivity index (χ0n) is 27.0. The molecule has 0 saturated heterocycles. The Hall–Kier alpha value is -0.165. The largest absolute Gasteiger partial charge is 0.454 e. The SMILES string of the molecule is CCCCCCCCB(O)OC1[C@@H](OB(O)CCCCCCCC)[C@H](O)C(O)[C@@H](O)[C@@H]1OB(O)CCCCCCCC. The van der Waals surface area contributed by atoms with E-state index in [-0.39, 0.29) is 0 Å². The van der Waals surface area contributed by atoms with E-state index in [0.717, 1.165) is 96.3 Å². The molecule has 1 aliphatic carbocycles. The predicted octanol–water partition coefficient (Wildman–Crippen LogP) is 4.76. The minimum atomic E-state index is -1.64. The van der Waals surface area contributed by atoms with E-state index >= 15 is 0 Å². The van der Waals surface area contributed by atoms with E-state index in [1.165, 1.54) is 19.3 Å². The van der Waals surface area contributed by atoms with E-state index in [9.17, 15) is 30.4 Å². The van der Waals surface area contributed by atoms with Crippen LogP contribution in [0.2, 0.25) is 19.0 Å². The fourth-order valence-corrected chi connectivity index (χ4v) is 5.68. The van der Waals surface area contributed by atoms with Crippen LogP contribution >= 0.6 is 0 Å². The first-order valence-electron chi connectivity index (χ1n) is 17.3. The highest BCUT2D eigenvalue weighted by atomic mass is 16.6. The maximum Gasteiger partial charge on any atom is 0.454 e. The minimum absolute atomic E-state index is 0.340. The Bertz CT molecular complexity index is 587. The van der Waals surface area contributed by atoms with Crippen LogP contribution < -0.4 is 0 Å². The third kappa shape index (κ3) is 16.8. The van der Waals surface area contributed by atoms with Crippen molar-refractivity contribution in [1.29, 1.82) is 0 Å². The normalized spacial score (nSPS) is 24.2. The predicted molar refractivity (Wildman–Crippen MR) is 171 cm³/mol. The molecule has 1 aliphatic rings. The molecule has 0 amide bonds. The molecule has 0 radical (unpaired) electrons. The Labute approximate surface area is 257 Å². The summed E-state index contributed by atoms with van der Waals surface area (Å²) in [5.41, 5.74) is 0. The van der Waals surface area contributed by atoms with Gasteiger partial charge in [-0.2, -0.15) is 0 Å². The van der Waals surface area contributed by atoms with Crippen LogP contribution in [-0.4, -0.2) is 88.4 Å². The van der Waals surface area contributed by atoms with Gasteiger partial charge in [-0.3, -0.25) is 0 Å². The highest BCUT2D eigenvalue weighted by molar-refractivity contribution is 6.43. The maximum absolute atomic E-state index is 10.9. The standard InChI is InChI=1S/C30H63B3O9/c1-4-7-10-13-16-19-22-31(37)40-28-26(35)25(34)27(36)29(41-32(38)23-20-17-14-11-8-5-2)30(28)42-33(39)24-21-18-15-12-9-6-3/h25-30,34-39H,4-24H2,1-3H3/t25?,26-,27-,28+,29+,30?/m1/s1. The van der Waals surface area contributed by atoms with Crippen molar-refractivity contribution in [3.05, 3.63) is 0 Å². The molecular weight excluding hydrogens is 537 g/mol. The summed E-state index contributed by atoms with van der Waals surface area (Å²) in [5.74, 6) is 0. The topological polar surface area (TPSA) is 149 Å². The van der Waals surface area contributed by atoms with Gasteiger partial charge in [-0.1, -0.05) is 136 Å². The summed E-state index contributed by atoms with van der Waals surface area (Å²) in [4.78, 5) is 0. The van der Waals surface area contributed by atoms with Crippen LogP contribution in [0, 0.1) is 0 Å². The Morgan fingerprint density at radius 1 is 0.381 bits per heavy atom. The summed E-state index contributed by atoms with van der Waals surface area (Å²) in [6, 6.07) is 0. The second kappa shape index (κ2) is 25.1. The molecule has 0 unspecified atom stereocenters. The number of unbranched alkanes of at least 4 members (excludes halogenated alkanes) is 15. The van der Waals surface area contributed by atoms with Gasteiger partial charge in [0, 0.05) is 0 Å². The second-order valence-corrected chi connectivity index (χ2v) is 12.3. The van der Waals surface area contributed by atoms with Crippen molar-refractivity contribution in [1.82, 2.24) is 0 Å². The first kappa shape index (κ1) is 39.9. The summed E-state index contributed by atoms with van der Waals surface area (Å²) in [7, 11) is -3.68. The van der Waals surface area contributed by atoms with Gasteiger partial charge >= 0.3 is 21.4 Å². The molecule has 0 spiro atoms. The van der Waals surface area contributed by atoms with Gasteiger partial charge in [0.2, 0.25) is 0 Å². The smallest absolute Gasteiger partial charge is 0.427 e. The summed E-state index contributed by atoms with van der Waals surface area (Å²) in [6.45, 7) is 6.48. The van der Waals surface area contributed by atoms with Gasteiger partial charge in [-0.15, -0.1) is 0 Å². The van der Waals surface area contributed by atoms with E-state index in [2.05, 4.69) is 20.8 Å². The summed E-state index contributed by atoms with van der Waals surface area (Å²) >= 11 is 0. The molecule has 0 aromatic rings. The van der Waals surface area contributed by atoms with Crippen molar-refractivity contribution < 1.29 is 44.4 Å². The highest BCUT2D eigenvalue weighted by Crippen LogP contribution is 2.31. The average molecular weight is 600 g/mol. The third-order valence-corrected chi connectivity index (χ3v) is 8.38. The van der Waals surface area contributed by atoms with E-state index < -0.39 is 58.0 Å². The molecule has 4 atom stereocenters. The van der Waals surface area contributed by atoms with Gasteiger partial charge < -0.3 is 44.4 Å². The molecule has 0 aliphatic heterocycles. The average Bonchev–Trinajstić information content (AvgIpc) is 2.97. The van der Waals surface area contributed by atoms with Crippen molar-refractivity contribution in [3.63, 3.8) is 0 Å². The van der Waals surface area contributed by atoms with E-state index in [1.807, 2.05) is 0 Å². The van der Waals surface area contributed by atoms with Crippen LogP contribution in [0.4, 0.5) is 0 Å². The van der Waals surface area contributed by atoms with Gasteiger partial charge in [-0.25, -0.2) is 0 Å². The Morgan fingerprint density at radius 2 is 0.643 bits per heavy atom. The molecule has 0 bridgehead atoms. The lowest BCUT2D eigenvalue weighted by atomic mass is 9.75. The third-order valence-electron chi connectivity index (χ3n) is 8.38. The van der Waals surface area contributed by atoms with Crippen LogP contribution in [0.25, 0.3) is 0 Å². The minimum Gasteiger partial charge on any atom is -0.427 e. The number of aliphatic hydroxyl groups is 3. The number of hydrogen-bond donors (Lipinski definition) is 6. The zero-order valence-corrected chi connectivity index (χ0v) is 27.0. The van der Waals surface area contributed by atoms with Crippen LogP contribution in [0.1, 0.15) is 136 Å². The number of aliphatic hydroxyl groups excluding tert-OH is 3. The molecule has 0 aromatic carbocycles. The molecule has 1 fully saturated rings. The highest BCUT2D eigenvalue weighted by Gasteiger charge is 2.53. The van der Waals surface area contributed by atoms with Crippen LogP contribution in [0.15, 0.2) is 0 Å². The van der Waals surface area contributed by atoms with Crippen molar-refractivity contribution in [3.8, 4) is 0 Å². The van der Waals surface area contributed by atoms with Gasteiger partial charge in [0.05, 0.1) is 18.3 Å². The zero-order chi connectivity index (χ0) is 31.2. The Morgan fingerprint density at radius 3 is 0.952 bits per heavy atom. The van der Waals surface area contributed by atoms with Crippen molar-refractivity contribution >= 4 is 21.4 Å². The van der Waals surface area contributed by atoms with Gasteiger partial charge in [0.25, 0.3) is 0 Å². The Balaban J connectivity index is 2.86. The molecular formula is C30H63B3O9. The fourth-order valence-electron chi connectivity index (χ4n) is 5.68. The molecule has 12 heteroatoms. The van der Waals surface area contributed by atoms with E-state index in [1.54, 1.807) is 0 Å². The quantitative estimate of drug-likeness (QED) is 0.0580. The Kier molecular flexibility index (Phi) is 23.8. The molecule has 1 rings (SSSR count). The molecule has 0 heterocycles. The van der Waals surface area contributed by atoms with Gasteiger partial charge in [-0.05, 0) is 19.0 Å². The molecule has 1 saturated carbocycles. The first-order chi connectivity index (χ1) is 20.3. The lowest BCUT2D eigenvalue weighted by Crippen LogP contribution is -2.67. The van der Waals surface area contributed by atoms with Crippen molar-refractivity contribution in [2.24, 2.45) is 0 Å². The number of hydrogen-bond acceptors (Lipinski definition) is 9. The molecule has 9 nitrogen and oxygen atoms in total. The van der Waals surface area contributed by atoms with Gasteiger partial charge in [0.15, 0.2) is 0 Å². The first-order valence-corrected chi connectivity index (χ1v) is 17.3. The van der Waals surface area contributed by atoms with Crippen LogP contribution in [0.5, 0.6) is 0 Å². The second-order valence-electron chi connectivity index (χ2n) is 12.3. The summed E-state index contributed by atoms with van der Waals surface area (Å²) in [6.07, 6.45) is 11.2. The van der Waals surface area contributed by atoms with Crippen molar-refractivity contribution in [2.75, 3.05) is 0 Å². The van der Waals surface area contributed by atoms with Crippen molar-refractivity contribution in [2.45, 2.75) is 192 Å².